The third-order valence-corrected chi connectivity index (χ3v) is 2.79. The van der Waals surface area contributed by atoms with Gasteiger partial charge in [0.05, 0.1) is 17.3 Å². The zero-order valence-electron chi connectivity index (χ0n) is 10.6. The molecule has 0 aliphatic heterocycles. The highest BCUT2D eigenvalue weighted by molar-refractivity contribution is 5.94. The Morgan fingerprint density at radius 1 is 1.37 bits per heavy atom. The number of aryl methyl sites for hydroxylation is 1. The number of carboxylic acid groups (broad SMARTS) is 1. The van der Waals surface area contributed by atoms with E-state index in [2.05, 4.69) is 5.32 Å². The zero-order chi connectivity index (χ0) is 14.0. The number of furan rings is 1. The minimum absolute atomic E-state index is 0.0310. The van der Waals surface area contributed by atoms with E-state index in [-0.39, 0.29) is 17.3 Å². The Hall–Kier alpha value is -2.30. The van der Waals surface area contributed by atoms with E-state index in [0.717, 1.165) is 5.76 Å². The van der Waals surface area contributed by atoms with Gasteiger partial charge in [0.25, 0.3) is 0 Å². The molecule has 4 nitrogen and oxygen atoms in total. The molecule has 0 radical (unpaired) electrons. The molecule has 2 rings (SSSR count). The summed E-state index contributed by atoms with van der Waals surface area (Å²) in [5.74, 6) is -0.410. The highest BCUT2D eigenvalue weighted by Crippen LogP contribution is 2.26. The predicted octanol–water partition coefficient (Wildman–Crippen LogP) is 3.60. The number of rotatable bonds is 4. The van der Waals surface area contributed by atoms with Crippen LogP contribution in [0.5, 0.6) is 0 Å². The highest BCUT2D eigenvalue weighted by atomic mass is 19.1. The van der Waals surface area contributed by atoms with E-state index in [4.69, 9.17) is 9.52 Å². The summed E-state index contributed by atoms with van der Waals surface area (Å²) in [6.07, 6.45) is 0. The van der Waals surface area contributed by atoms with Crippen molar-refractivity contribution in [3.8, 4) is 0 Å². The molecule has 0 aliphatic rings. The van der Waals surface area contributed by atoms with Crippen LogP contribution in [0.2, 0.25) is 0 Å². The Labute approximate surface area is 109 Å². The van der Waals surface area contributed by atoms with Gasteiger partial charge in [-0.05, 0) is 38.1 Å². The number of carbonyl (C=O) groups is 1. The summed E-state index contributed by atoms with van der Waals surface area (Å²) in [6, 6.07) is 7.18. The van der Waals surface area contributed by atoms with Gasteiger partial charge in [-0.1, -0.05) is 6.07 Å². The molecule has 2 aromatic rings. The van der Waals surface area contributed by atoms with E-state index in [1.54, 1.807) is 19.1 Å². The van der Waals surface area contributed by atoms with E-state index < -0.39 is 11.8 Å². The number of hydrogen-bond acceptors (Lipinski definition) is 3. The Morgan fingerprint density at radius 2 is 2.11 bits per heavy atom. The van der Waals surface area contributed by atoms with E-state index in [0.29, 0.717) is 5.76 Å². The van der Waals surface area contributed by atoms with Crippen LogP contribution in [0, 0.1) is 12.7 Å². The fourth-order valence-corrected chi connectivity index (χ4v) is 1.82. The fraction of sp³-hybridized carbons (Fsp3) is 0.214. The van der Waals surface area contributed by atoms with Crippen LogP contribution in [-0.2, 0) is 0 Å². The Kier molecular flexibility index (Phi) is 3.55. The standard InChI is InChI=1S/C14H14FNO3/c1-8-6-7-12(19-8)9(2)16-13-10(14(17)18)4-3-5-11(13)15/h3-7,9,16H,1-2H3,(H,17,18). The molecule has 0 spiro atoms. The molecule has 0 bridgehead atoms. The molecule has 0 saturated carbocycles. The SMILES string of the molecule is Cc1ccc(C(C)Nc2c(F)cccc2C(=O)O)o1. The second-order valence-electron chi connectivity index (χ2n) is 4.28. The smallest absolute Gasteiger partial charge is 0.337 e. The van der Waals surface area contributed by atoms with Crippen LogP contribution in [0.25, 0.3) is 0 Å². The molecule has 2 N–H and O–H groups in total. The largest absolute Gasteiger partial charge is 0.478 e. The van der Waals surface area contributed by atoms with Gasteiger partial charge in [-0.25, -0.2) is 9.18 Å². The van der Waals surface area contributed by atoms with Gasteiger partial charge in [-0.3, -0.25) is 0 Å². The van der Waals surface area contributed by atoms with Crippen LogP contribution < -0.4 is 5.32 Å². The van der Waals surface area contributed by atoms with Crippen molar-refractivity contribution in [2.24, 2.45) is 0 Å². The van der Waals surface area contributed by atoms with Gasteiger partial charge in [-0.2, -0.15) is 0 Å². The van der Waals surface area contributed by atoms with Crippen molar-refractivity contribution in [1.29, 1.82) is 0 Å². The van der Waals surface area contributed by atoms with Gasteiger partial charge in [0.1, 0.15) is 17.3 Å². The van der Waals surface area contributed by atoms with Gasteiger partial charge < -0.3 is 14.8 Å². The van der Waals surface area contributed by atoms with Crippen molar-refractivity contribution in [2.75, 3.05) is 5.32 Å². The van der Waals surface area contributed by atoms with Gasteiger partial charge in [0, 0.05) is 0 Å². The third kappa shape index (κ3) is 2.76. The van der Waals surface area contributed by atoms with Crippen LogP contribution >= 0.6 is 0 Å². The average molecular weight is 263 g/mol. The number of hydrogen-bond donors (Lipinski definition) is 2. The molecule has 0 amide bonds. The van der Waals surface area contributed by atoms with Crippen molar-refractivity contribution < 1.29 is 18.7 Å². The molecular formula is C14H14FNO3. The maximum Gasteiger partial charge on any atom is 0.337 e. The topological polar surface area (TPSA) is 62.5 Å². The average Bonchev–Trinajstić information content (AvgIpc) is 2.78. The van der Waals surface area contributed by atoms with Gasteiger partial charge in [0.15, 0.2) is 0 Å². The first-order valence-corrected chi connectivity index (χ1v) is 5.83. The fourth-order valence-electron chi connectivity index (χ4n) is 1.82. The summed E-state index contributed by atoms with van der Waals surface area (Å²) in [4.78, 5) is 11.1. The number of benzene rings is 1. The van der Waals surface area contributed by atoms with Gasteiger partial charge >= 0.3 is 5.97 Å². The molecule has 1 aromatic carbocycles. The molecular weight excluding hydrogens is 249 g/mol. The third-order valence-electron chi connectivity index (χ3n) is 2.79. The van der Waals surface area contributed by atoms with Gasteiger partial charge in [0.2, 0.25) is 0 Å². The van der Waals surface area contributed by atoms with Crippen LogP contribution in [0.1, 0.15) is 34.8 Å². The maximum atomic E-state index is 13.7. The molecule has 5 heteroatoms. The van der Waals surface area contributed by atoms with E-state index in [1.807, 2.05) is 6.92 Å². The summed E-state index contributed by atoms with van der Waals surface area (Å²) in [5.41, 5.74) is -0.133. The summed E-state index contributed by atoms with van der Waals surface area (Å²) in [5, 5.41) is 11.9. The molecule has 1 heterocycles. The summed E-state index contributed by atoms with van der Waals surface area (Å²) in [6.45, 7) is 3.58. The zero-order valence-corrected chi connectivity index (χ0v) is 10.6. The van der Waals surface area contributed by atoms with E-state index in [9.17, 15) is 9.18 Å². The Bertz CT molecular complexity index is 606. The van der Waals surface area contributed by atoms with Gasteiger partial charge in [-0.15, -0.1) is 0 Å². The quantitative estimate of drug-likeness (QED) is 0.884. The number of carboxylic acids is 1. The molecule has 0 aliphatic carbocycles. The van der Waals surface area contributed by atoms with Crippen LogP contribution in [-0.4, -0.2) is 11.1 Å². The number of nitrogens with one attached hydrogen (secondary N) is 1. The molecule has 0 saturated heterocycles. The van der Waals surface area contributed by atoms with E-state index in [1.165, 1.54) is 18.2 Å². The molecule has 1 atom stereocenters. The highest BCUT2D eigenvalue weighted by Gasteiger charge is 2.18. The summed E-state index contributed by atoms with van der Waals surface area (Å²) in [7, 11) is 0. The Morgan fingerprint density at radius 3 is 2.68 bits per heavy atom. The lowest BCUT2D eigenvalue weighted by molar-refractivity contribution is 0.0697. The maximum absolute atomic E-state index is 13.7. The Balaban J connectivity index is 2.30. The van der Waals surface area contributed by atoms with Crippen molar-refractivity contribution in [3.63, 3.8) is 0 Å². The normalized spacial score (nSPS) is 12.2. The number of aromatic carboxylic acids is 1. The number of halogens is 1. The number of anilines is 1. The van der Waals surface area contributed by atoms with E-state index >= 15 is 0 Å². The monoisotopic (exact) mass is 263 g/mol. The lowest BCUT2D eigenvalue weighted by Crippen LogP contribution is -2.11. The van der Waals surface area contributed by atoms with Crippen LogP contribution in [0.4, 0.5) is 10.1 Å². The van der Waals surface area contributed by atoms with Crippen LogP contribution in [0.3, 0.4) is 0 Å². The first kappa shape index (κ1) is 13.1. The lowest BCUT2D eigenvalue weighted by Gasteiger charge is -2.15. The van der Waals surface area contributed by atoms with Crippen molar-refractivity contribution in [1.82, 2.24) is 0 Å². The molecule has 0 fully saturated rings. The predicted molar refractivity (Wildman–Crippen MR) is 68.8 cm³/mol. The van der Waals surface area contributed by atoms with Crippen molar-refractivity contribution >= 4 is 11.7 Å². The first-order chi connectivity index (χ1) is 8.99. The molecule has 1 aromatic heterocycles. The second kappa shape index (κ2) is 5.14. The number of para-hydroxylation sites is 1. The second-order valence-corrected chi connectivity index (χ2v) is 4.28. The summed E-state index contributed by atoms with van der Waals surface area (Å²) < 4.78 is 19.2. The lowest BCUT2D eigenvalue weighted by atomic mass is 10.1. The molecule has 100 valence electrons. The molecule has 1 unspecified atom stereocenters. The van der Waals surface area contributed by atoms with Crippen molar-refractivity contribution in [3.05, 3.63) is 53.2 Å². The molecule has 19 heavy (non-hydrogen) atoms. The van der Waals surface area contributed by atoms with Crippen molar-refractivity contribution in [2.45, 2.75) is 19.9 Å². The van der Waals surface area contributed by atoms with Crippen LogP contribution in [0.15, 0.2) is 34.7 Å². The summed E-state index contributed by atoms with van der Waals surface area (Å²) >= 11 is 0. The minimum Gasteiger partial charge on any atom is -0.478 e. The minimum atomic E-state index is -1.18. The first-order valence-electron chi connectivity index (χ1n) is 5.83.